The van der Waals surface area contributed by atoms with Gasteiger partial charge in [0.15, 0.2) is 12.1 Å². The zero-order valence-electron chi connectivity index (χ0n) is 13.9. The van der Waals surface area contributed by atoms with Gasteiger partial charge in [0.25, 0.3) is 11.8 Å². The monoisotopic (exact) mass is 354 g/mol. The Hall–Kier alpha value is -3.29. The number of carbonyl (C=O) groups excluding carboxylic acids is 2. The van der Waals surface area contributed by atoms with E-state index in [1.165, 1.54) is 17.1 Å². The Morgan fingerprint density at radius 2 is 1.73 bits per heavy atom. The van der Waals surface area contributed by atoms with E-state index in [0.717, 1.165) is 10.5 Å². The summed E-state index contributed by atoms with van der Waals surface area (Å²) in [6, 6.07) is 10.9. The summed E-state index contributed by atoms with van der Waals surface area (Å²) < 4.78 is 18.1. The lowest BCUT2D eigenvalue weighted by Crippen LogP contribution is -2.39. The molecule has 4 rings (SSSR count). The Kier molecular flexibility index (Phi) is 3.87. The zero-order chi connectivity index (χ0) is 18.3. The van der Waals surface area contributed by atoms with E-state index in [1.54, 1.807) is 43.5 Å². The highest BCUT2D eigenvalue weighted by atomic mass is 19.1. The summed E-state index contributed by atoms with van der Waals surface area (Å²) in [7, 11) is 1.54. The van der Waals surface area contributed by atoms with Crippen molar-refractivity contribution in [2.45, 2.75) is 18.6 Å². The highest BCUT2D eigenvalue weighted by Gasteiger charge is 2.54. The van der Waals surface area contributed by atoms with Gasteiger partial charge >= 0.3 is 0 Å². The van der Waals surface area contributed by atoms with Gasteiger partial charge in [-0.25, -0.2) is 9.29 Å². The Bertz CT molecular complexity index is 882. The minimum Gasteiger partial charge on any atom is -0.497 e. The summed E-state index contributed by atoms with van der Waals surface area (Å²) >= 11 is 0. The third-order valence-corrected chi connectivity index (χ3v) is 4.45. The van der Waals surface area contributed by atoms with Crippen LogP contribution in [0.15, 0.2) is 58.9 Å². The van der Waals surface area contributed by atoms with Gasteiger partial charge in [-0.3, -0.25) is 14.6 Å². The number of benzene rings is 2. The average molecular weight is 354 g/mol. The first kappa shape index (κ1) is 16.2. The molecule has 2 aliphatic heterocycles. The molecule has 2 unspecified atom stereocenters. The first-order valence-electron chi connectivity index (χ1n) is 8.02. The van der Waals surface area contributed by atoms with Crippen LogP contribution in [0, 0.1) is 5.82 Å². The van der Waals surface area contributed by atoms with E-state index in [9.17, 15) is 14.0 Å². The van der Waals surface area contributed by atoms with E-state index in [2.05, 4.69) is 10.3 Å². The van der Waals surface area contributed by atoms with Crippen molar-refractivity contribution < 1.29 is 18.7 Å². The Labute approximate surface area is 148 Å². The predicted octanol–water partition coefficient (Wildman–Crippen LogP) is 2.33. The summed E-state index contributed by atoms with van der Waals surface area (Å²) in [5.41, 5.74) is 1.24. The number of ether oxygens (including phenoxy) is 1. The van der Waals surface area contributed by atoms with Gasteiger partial charge in [0.05, 0.1) is 19.3 Å². The van der Waals surface area contributed by atoms with Crippen molar-refractivity contribution in [2.24, 2.45) is 10.3 Å². The molecule has 0 N–H and O–H groups in total. The van der Waals surface area contributed by atoms with Gasteiger partial charge in [0.1, 0.15) is 11.6 Å². The van der Waals surface area contributed by atoms with Crippen LogP contribution < -0.4 is 9.64 Å². The van der Waals surface area contributed by atoms with Gasteiger partial charge in [-0.05, 0) is 42.0 Å². The van der Waals surface area contributed by atoms with Gasteiger partial charge in [-0.2, -0.15) is 5.11 Å². The molecule has 0 radical (unpaired) electrons. The molecular weight excluding hydrogens is 339 g/mol. The van der Waals surface area contributed by atoms with Crippen LogP contribution in [0.2, 0.25) is 0 Å². The van der Waals surface area contributed by atoms with Gasteiger partial charge in [0, 0.05) is 0 Å². The molecule has 0 spiro atoms. The van der Waals surface area contributed by atoms with Crippen molar-refractivity contribution in [2.75, 3.05) is 12.0 Å². The Morgan fingerprint density at radius 3 is 2.38 bits per heavy atom. The van der Waals surface area contributed by atoms with Crippen molar-refractivity contribution in [1.29, 1.82) is 0 Å². The van der Waals surface area contributed by atoms with Crippen molar-refractivity contribution in [1.82, 2.24) is 5.01 Å². The van der Waals surface area contributed by atoms with Crippen molar-refractivity contribution >= 4 is 17.5 Å². The number of methoxy groups -OCH3 is 1. The number of carbonyl (C=O) groups is 2. The van der Waals surface area contributed by atoms with Crippen molar-refractivity contribution in [3.05, 3.63) is 59.9 Å². The number of rotatable bonds is 4. The molecule has 2 aliphatic rings. The molecule has 2 heterocycles. The fourth-order valence-corrected chi connectivity index (χ4v) is 3.12. The maximum Gasteiger partial charge on any atom is 0.263 e. The van der Waals surface area contributed by atoms with Gasteiger partial charge in [0.2, 0.25) is 0 Å². The summed E-state index contributed by atoms with van der Waals surface area (Å²) in [6.07, 6.45) is 0. The van der Waals surface area contributed by atoms with Crippen LogP contribution in [0.4, 0.5) is 10.1 Å². The molecular formula is C18H15FN4O3. The third kappa shape index (κ3) is 2.59. The van der Waals surface area contributed by atoms with Crippen LogP contribution >= 0.6 is 0 Å². The highest BCUT2D eigenvalue weighted by molar-refractivity contribution is 6.25. The number of halogens is 1. The maximum atomic E-state index is 13.1. The zero-order valence-corrected chi connectivity index (χ0v) is 13.9. The number of hydrogen-bond donors (Lipinski definition) is 0. The highest BCUT2D eigenvalue weighted by Crippen LogP contribution is 2.33. The molecule has 8 heteroatoms. The van der Waals surface area contributed by atoms with Gasteiger partial charge in [-0.15, -0.1) is 0 Å². The summed E-state index contributed by atoms with van der Waals surface area (Å²) in [5, 5.41) is 9.42. The van der Waals surface area contributed by atoms with E-state index < -0.39 is 18.0 Å². The SMILES string of the molecule is COc1ccc(N2C(=O)C3N=NN(Cc4ccc(F)cc4)C3C2=O)cc1. The number of amides is 2. The molecule has 0 aromatic heterocycles. The van der Waals surface area contributed by atoms with E-state index >= 15 is 0 Å². The number of hydrogen-bond acceptors (Lipinski definition) is 6. The number of imide groups is 1. The van der Waals surface area contributed by atoms with Crippen LogP contribution in [0.25, 0.3) is 0 Å². The van der Waals surface area contributed by atoms with Gasteiger partial charge < -0.3 is 4.74 Å². The molecule has 2 atom stereocenters. The molecule has 7 nitrogen and oxygen atoms in total. The fraction of sp³-hybridized carbons (Fsp3) is 0.222. The first-order valence-corrected chi connectivity index (χ1v) is 8.02. The first-order chi connectivity index (χ1) is 12.6. The van der Waals surface area contributed by atoms with Gasteiger partial charge in [-0.1, -0.05) is 17.4 Å². The lowest BCUT2D eigenvalue weighted by molar-refractivity contribution is -0.123. The predicted molar refractivity (Wildman–Crippen MR) is 89.9 cm³/mol. The quantitative estimate of drug-likeness (QED) is 0.790. The van der Waals surface area contributed by atoms with E-state index in [4.69, 9.17) is 4.74 Å². The van der Waals surface area contributed by atoms with E-state index in [-0.39, 0.29) is 18.3 Å². The minimum absolute atomic E-state index is 0.264. The molecule has 2 aromatic carbocycles. The molecule has 26 heavy (non-hydrogen) atoms. The second-order valence-electron chi connectivity index (χ2n) is 6.03. The molecule has 1 saturated heterocycles. The summed E-state index contributed by atoms with van der Waals surface area (Å²) in [5.74, 6) is -0.494. The standard InChI is InChI=1S/C18H15FN4O3/c1-26-14-8-6-13(7-9-14)23-17(24)15-16(18(23)25)22(21-20-15)10-11-2-4-12(19)5-3-11/h2-9,15-16H,10H2,1H3. The lowest BCUT2D eigenvalue weighted by Gasteiger charge is -2.20. The molecule has 1 fully saturated rings. The topological polar surface area (TPSA) is 74.6 Å². The third-order valence-electron chi connectivity index (χ3n) is 4.45. The van der Waals surface area contributed by atoms with Crippen LogP contribution in [0.3, 0.4) is 0 Å². The smallest absolute Gasteiger partial charge is 0.263 e. The number of fused-ring (bicyclic) bond motifs is 1. The normalized spacial score (nSPS) is 21.5. The molecule has 2 amide bonds. The molecule has 132 valence electrons. The van der Waals surface area contributed by atoms with Crippen LogP contribution in [-0.2, 0) is 16.1 Å². The number of anilines is 1. The average Bonchev–Trinajstić information content (AvgIpc) is 3.17. The van der Waals surface area contributed by atoms with E-state index in [0.29, 0.717) is 11.4 Å². The second-order valence-corrected chi connectivity index (χ2v) is 6.03. The molecule has 0 bridgehead atoms. The molecule has 2 aromatic rings. The van der Waals surface area contributed by atoms with E-state index in [1.807, 2.05) is 0 Å². The largest absolute Gasteiger partial charge is 0.497 e. The van der Waals surface area contributed by atoms with Crippen LogP contribution in [0.1, 0.15) is 5.56 Å². The molecule has 0 saturated carbocycles. The number of nitrogens with zero attached hydrogens (tertiary/aromatic N) is 4. The van der Waals surface area contributed by atoms with Crippen LogP contribution in [0.5, 0.6) is 5.75 Å². The fourth-order valence-electron chi connectivity index (χ4n) is 3.12. The van der Waals surface area contributed by atoms with Crippen molar-refractivity contribution in [3.8, 4) is 5.75 Å². The molecule has 0 aliphatic carbocycles. The maximum absolute atomic E-state index is 13.1. The summed E-state index contributed by atoms with van der Waals surface area (Å²) in [6.45, 7) is 0.264. The van der Waals surface area contributed by atoms with Crippen molar-refractivity contribution in [3.63, 3.8) is 0 Å². The van der Waals surface area contributed by atoms with Crippen LogP contribution in [-0.4, -0.2) is 36.0 Å². The second kappa shape index (κ2) is 6.21. The summed E-state index contributed by atoms with van der Waals surface area (Å²) in [4.78, 5) is 26.6. The minimum atomic E-state index is -0.856. The lowest BCUT2D eigenvalue weighted by atomic mass is 10.1. The Balaban J connectivity index is 1.57. The Morgan fingerprint density at radius 1 is 1.04 bits per heavy atom.